The van der Waals surface area contributed by atoms with E-state index in [-0.39, 0.29) is 5.78 Å². The highest BCUT2D eigenvalue weighted by molar-refractivity contribution is 7.81. The van der Waals surface area contributed by atoms with Gasteiger partial charge in [0.25, 0.3) is 0 Å². The quantitative estimate of drug-likeness (QED) is 0.506. The highest BCUT2D eigenvalue weighted by Gasteiger charge is 2.22. The van der Waals surface area contributed by atoms with Crippen LogP contribution in [0, 0.1) is 6.92 Å². The van der Waals surface area contributed by atoms with Gasteiger partial charge in [0.2, 0.25) is 11.7 Å². The number of nitrogens with zero attached hydrogens (tertiary/aromatic N) is 1. The van der Waals surface area contributed by atoms with Gasteiger partial charge in [0, 0.05) is 23.7 Å². The van der Waals surface area contributed by atoms with Crippen molar-refractivity contribution in [3.8, 4) is 5.88 Å². The van der Waals surface area contributed by atoms with Crippen LogP contribution in [0.2, 0.25) is 5.02 Å². The van der Waals surface area contributed by atoms with Gasteiger partial charge in [-0.1, -0.05) is 18.5 Å². The maximum Gasteiger partial charge on any atom is 0.325 e. The van der Waals surface area contributed by atoms with Gasteiger partial charge in [0.05, 0.1) is 10.9 Å². The van der Waals surface area contributed by atoms with E-state index in [4.69, 9.17) is 16.3 Å². The molecule has 4 nitrogen and oxygen atoms in total. The lowest BCUT2D eigenvalue weighted by atomic mass is 10.1. The fourth-order valence-electron chi connectivity index (χ4n) is 2.23. The minimum Gasteiger partial charge on any atom is -0.408 e. The molecular weight excluding hydrogens is 334 g/mol. The Bertz CT molecular complexity index is 737. The molecule has 0 spiro atoms. The average Bonchev–Trinajstić information content (AvgIpc) is 2.80. The summed E-state index contributed by atoms with van der Waals surface area (Å²) < 4.78 is 6.92. The summed E-state index contributed by atoms with van der Waals surface area (Å²) in [4.78, 5) is 24.6. The Morgan fingerprint density at radius 2 is 1.91 bits per heavy atom. The Morgan fingerprint density at radius 1 is 1.30 bits per heavy atom. The van der Waals surface area contributed by atoms with Gasteiger partial charge in [-0.2, -0.15) is 12.6 Å². The third-order valence-electron chi connectivity index (χ3n) is 3.56. The van der Waals surface area contributed by atoms with E-state index < -0.39 is 11.2 Å². The summed E-state index contributed by atoms with van der Waals surface area (Å²) >= 11 is 10.0. The molecule has 1 aromatic heterocycles. The number of ketones is 1. The van der Waals surface area contributed by atoms with Crippen LogP contribution in [0.25, 0.3) is 0 Å². The lowest BCUT2D eigenvalue weighted by molar-refractivity contribution is -0.134. The van der Waals surface area contributed by atoms with Crippen LogP contribution in [0.3, 0.4) is 0 Å². The zero-order valence-electron chi connectivity index (χ0n) is 13.2. The topological polar surface area (TPSA) is 48.3 Å². The first-order chi connectivity index (χ1) is 10.8. The second kappa shape index (κ2) is 7.23. The summed E-state index contributed by atoms with van der Waals surface area (Å²) in [5.74, 6) is -0.249. The number of carbonyl (C=O) groups is 2. The number of aromatic nitrogens is 1. The van der Waals surface area contributed by atoms with Gasteiger partial charge in [-0.25, -0.2) is 0 Å². The lowest BCUT2D eigenvalue weighted by Crippen LogP contribution is -2.21. The Hall–Kier alpha value is -1.72. The molecule has 1 unspecified atom stereocenters. The zero-order valence-corrected chi connectivity index (χ0v) is 14.8. The van der Waals surface area contributed by atoms with Gasteiger partial charge in [0.1, 0.15) is 0 Å². The van der Waals surface area contributed by atoms with Crippen LogP contribution in [0.1, 0.15) is 35.0 Å². The van der Waals surface area contributed by atoms with E-state index in [0.29, 0.717) is 28.6 Å². The van der Waals surface area contributed by atoms with Crippen molar-refractivity contribution >= 4 is 36.0 Å². The molecule has 1 heterocycles. The predicted molar refractivity (Wildman–Crippen MR) is 93.7 cm³/mol. The van der Waals surface area contributed by atoms with E-state index in [2.05, 4.69) is 12.6 Å². The van der Waals surface area contributed by atoms with Gasteiger partial charge < -0.3 is 9.30 Å². The van der Waals surface area contributed by atoms with Crippen LogP contribution in [0.4, 0.5) is 0 Å². The molecule has 2 aromatic rings. The van der Waals surface area contributed by atoms with Gasteiger partial charge in [0.15, 0.2) is 0 Å². The number of halogens is 1. The molecule has 0 saturated heterocycles. The molecule has 0 aliphatic heterocycles. The van der Waals surface area contributed by atoms with Gasteiger partial charge in [-0.15, -0.1) is 0 Å². The highest BCUT2D eigenvalue weighted by Crippen LogP contribution is 2.24. The summed E-state index contributed by atoms with van der Waals surface area (Å²) in [5.41, 5.74) is 1.74. The van der Waals surface area contributed by atoms with Crippen molar-refractivity contribution in [1.29, 1.82) is 0 Å². The molecule has 6 heteroatoms. The van der Waals surface area contributed by atoms with Crippen molar-refractivity contribution in [1.82, 2.24) is 4.57 Å². The second-order valence-electron chi connectivity index (χ2n) is 5.25. The molecule has 0 radical (unpaired) electrons. The van der Waals surface area contributed by atoms with Crippen molar-refractivity contribution in [2.45, 2.75) is 25.5 Å². The predicted octanol–water partition coefficient (Wildman–Crippen LogP) is 3.83. The van der Waals surface area contributed by atoms with Crippen molar-refractivity contribution < 1.29 is 14.3 Å². The second-order valence-corrected chi connectivity index (χ2v) is 6.31. The maximum atomic E-state index is 12.7. The van der Waals surface area contributed by atoms with Crippen molar-refractivity contribution in [3.63, 3.8) is 0 Å². The molecule has 1 aromatic carbocycles. The minimum absolute atomic E-state index is 0.151. The molecule has 0 N–H and O–H groups in total. The number of aryl methyl sites for hydroxylation is 1. The van der Waals surface area contributed by atoms with Crippen LogP contribution < -0.4 is 4.74 Å². The fourth-order valence-corrected chi connectivity index (χ4v) is 2.41. The SMILES string of the molecule is CCC(S)C(=O)Oc1cc(C)c(C(=O)c2ccc(Cl)cc2)n1C. The van der Waals surface area contributed by atoms with Crippen LogP contribution in [0.5, 0.6) is 5.88 Å². The average molecular weight is 352 g/mol. The standard InChI is InChI=1S/C17H18ClNO3S/c1-4-13(23)17(21)22-14-9-10(2)15(19(14)3)16(20)11-5-7-12(18)8-6-11/h5-9,13,23H,4H2,1-3H3. The lowest BCUT2D eigenvalue weighted by Gasteiger charge is -2.10. The Labute approximate surface area is 145 Å². The van der Waals surface area contributed by atoms with Crippen LogP contribution in [-0.2, 0) is 11.8 Å². The monoisotopic (exact) mass is 351 g/mol. The number of benzene rings is 1. The number of thiol groups is 1. The number of ether oxygens (including phenoxy) is 1. The Balaban J connectivity index is 2.32. The first kappa shape index (κ1) is 17.6. The molecule has 0 amide bonds. The number of hydrogen-bond donors (Lipinski definition) is 1. The van der Waals surface area contributed by atoms with Crippen LogP contribution in [0.15, 0.2) is 30.3 Å². The number of hydrogen-bond acceptors (Lipinski definition) is 4. The van der Waals surface area contributed by atoms with Crippen LogP contribution >= 0.6 is 24.2 Å². The molecule has 122 valence electrons. The summed E-state index contributed by atoms with van der Waals surface area (Å²) in [6.45, 7) is 3.66. The third-order valence-corrected chi connectivity index (χ3v) is 4.39. The molecule has 0 fully saturated rings. The number of carbonyl (C=O) groups excluding carboxylic acids is 2. The number of esters is 1. The first-order valence-corrected chi connectivity index (χ1v) is 8.11. The van der Waals surface area contributed by atoms with Crippen molar-refractivity contribution in [2.75, 3.05) is 0 Å². The third kappa shape index (κ3) is 3.79. The van der Waals surface area contributed by atoms with E-state index in [0.717, 1.165) is 5.56 Å². The Morgan fingerprint density at radius 3 is 2.48 bits per heavy atom. The van der Waals surface area contributed by atoms with Gasteiger partial charge >= 0.3 is 5.97 Å². The van der Waals surface area contributed by atoms with Crippen LogP contribution in [-0.4, -0.2) is 21.6 Å². The maximum absolute atomic E-state index is 12.7. The molecule has 0 saturated carbocycles. The summed E-state index contributed by atoms with van der Waals surface area (Å²) in [7, 11) is 1.69. The smallest absolute Gasteiger partial charge is 0.325 e. The van der Waals surface area contributed by atoms with E-state index in [1.165, 1.54) is 0 Å². The minimum atomic E-state index is -0.486. The van der Waals surface area contributed by atoms with Gasteiger partial charge in [-0.3, -0.25) is 9.59 Å². The molecular formula is C17H18ClNO3S. The molecule has 0 bridgehead atoms. The van der Waals surface area contributed by atoms with E-state index in [1.807, 2.05) is 6.92 Å². The summed E-state index contributed by atoms with van der Waals surface area (Å²) in [6, 6.07) is 8.35. The Kier molecular flexibility index (Phi) is 5.55. The molecule has 0 aliphatic carbocycles. The van der Waals surface area contributed by atoms with Crippen molar-refractivity contribution in [3.05, 3.63) is 52.2 Å². The molecule has 23 heavy (non-hydrogen) atoms. The first-order valence-electron chi connectivity index (χ1n) is 7.21. The normalized spacial score (nSPS) is 12.0. The van der Waals surface area contributed by atoms with Crippen molar-refractivity contribution in [2.24, 2.45) is 7.05 Å². The molecule has 0 aliphatic rings. The highest BCUT2D eigenvalue weighted by atomic mass is 35.5. The summed E-state index contributed by atoms with van der Waals surface area (Å²) in [6.07, 6.45) is 0.571. The zero-order chi connectivity index (χ0) is 17.1. The van der Waals surface area contributed by atoms with Gasteiger partial charge in [-0.05, 0) is 43.2 Å². The molecule has 1 atom stereocenters. The fraction of sp³-hybridized carbons (Fsp3) is 0.294. The number of rotatable bonds is 5. The molecule has 2 rings (SSSR count). The van der Waals surface area contributed by atoms with E-state index in [1.54, 1.807) is 48.9 Å². The summed E-state index contributed by atoms with van der Waals surface area (Å²) in [5, 5.41) is 0.0831. The largest absolute Gasteiger partial charge is 0.408 e. The van der Waals surface area contributed by atoms with E-state index >= 15 is 0 Å². The van der Waals surface area contributed by atoms with E-state index in [9.17, 15) is 9.59 Å².